The van der Waals surface area contributed by atoms with Gasteiger partial charge in [-0.05, 0) is 26.2 Å². The summed E-state index contributed by atoms with van der Waals surface area (Å²) in [6.07, 6.45) is 12.7. The van der Waals surface area contributed by atoms with E-state index in [-0.39, 0.29) is 0 Å². The molecule has 0 nitrogen and oxygen atoms in total. The van der Waals surface area contributed by atoms with E-state index < -0.39 is 0 Å². The first-order valence-corrected chi connectivity index (χ1v) is 6.27. The minimum atomic E-state index is 0.859. The standard InChI is InChI=1S/C11H21I/c1-3-4-5-6-7-8-9-10-11(2)12/h3-4,11H,5-10H2,1-2H3. The molecule has 12 heavy (non-hydrogen) atoms. The summed E-state index contributed by atoms with van der Waals surface area (Å²) in [6.45, 7) is 4.39. The molecule has 1 heteroatoms. The Kier molecular flexibility index (Phi) is 9.93. The van der Waals surface area contributed by atoms with Crippen molar-refractivity contribution in [3.8, 4) is 0 Å². The predicted molar refractivity (Wildman–Crippen MR) is 66.0 cm³/mol. The van der Waals surface area contributed by atoms with E-state index in [0.29, 0.717) is 0 Å². The molecule has 1 unspecified atom stereocenters. The number of alkyl halides is 1. The fraction of sp³-hybridized carbons (Fsp3) is 0.818. The van der Waals surface area contributed by atoms with E-state index >= 15 is 0 Å². The van der Waals surface area contributed by atoms with Crippen molar-refractivity contribution in [2.45, 2.75) is 56.3 Å². The summed E-state index contributed by atoms with van der Waals surface area (Å²) in [4.78, 5) is 0. The largest absolute Gasteiger partial charge is 0.0917 e. The lowest BCUT2D eigenvalue weighted by Gasteiger charge is -2.01. The molecule has 0 spiro atoms. The van der Waals surface area contributed by atoms with Gasteiger partial charge >= 0.3 is 0 Å². The molecule has 0 aliphatic rings. The van der Waals surface area contributed by atoms with Crippen LogP contribution in [-0.4, -0.2) is 3.92 Å². The lowest BCUT2D eigenvalue weighted by atomic mass is 10.1. The Bertz CT molecular complexity index is 106. The molecule has 0 N–H and O–H groups in total. The predicted octanol–water partition coefficient (Wildman–Crippen LogP) is 4.73. The maximum absolute atomic E-state index is 2.51. The summed E-state index contributed by atoms with van der Waals surface area (Å²) in [6, 6.07) is 0. The van der Waals surface area contributed by atoms with Gasteiger partial charge in [-0.3, -0.25) is 0 Å². The highest BCUT2D eigenvalue weighted by atomic mass is 127. The van der Waals surface area contributed by atoms with Crippen molar-refractivity contribution in [3.05, 3.63) is 12.2 Å². The maximum atomic E-state index is 2.51. The van der Waals surface area contributed by atoms with Crippen LogP contribution in [0.1, 0.15) is 52.4 Å². The Morgan fingerprint density at radius 3 is 2.42 bits per heavy atom. The third-order valence-corrected chi connectivity index (χ3v) is 2.58. The number of allylic oxidation sites excluding steroid dienone is 2. The van der Waals surface area contributed by atoms with Gasteiger partial charge in [-0.2, -0.15) is 0 Å². The quantitative estimate of drug-likeness (QED) is 0.274. The number of halogens is 1. The Hall–Kier alpha value is 0.470. The zero-order valence-corrected chi connectivity index (χ0v) is 10.5. The van der Waals surface area contributed by atoms with E-state index in [0.717, 1.165) is 3.92 Å². The summed E-state index contributed by atoms with van der Waals surface area (Å²) >= 11 is 2.51. The van der Waals surface area contributed by atoms with Crippen molar-refractivity contribution in [3.63, 3.8) is 0 Å². The van der Waals surface area contributed by atoms with Crippen LogP contribution in [0.5, 0.6) is 0 Å². The topological polar surface area (TPSA) is 0 Å². The molecule has 0 rings (SSSR count). The average molecular weight is 280 g/mol. The highest BCUT2D eigenvalue weighted by Crippen LogP contribution is 2.12. The van der Waals surface area contributed by atoms with E-state index in [2.05, 4.69) is 48.6 Å². The van der Waals surface area contributed by atoms with Crippen molar-refractivity contribution in [1.29, 1.82) is 0 Å². The maximum Gasteiger partial charge on any atom is 0.00813 e. The smallest absolute Gasteiger partial charge is 0.00813 e. The van der Waals surface area contributed by atoms with Crippen LogP contribution in [0.2, 0.25) is 0 Å². The molecule has 0 bridgehead atoms. The molecule has 0 aliphatic carbocycles. The van der Waals surface area contributed by atoms with Crippen molar-refractivity contribution < 1.29 is 0 Å². The van der Waals surface area contributed by atoms with Gasteiger partial charge in [0.1, 0.15) is 0 Å². The van der Waals surface area contributed by atoms with Crippen LogP contribution >= 0.6 is 22.6 Å². The highest BCUT2D eigenvalue weighted by molar-refractivity contribution is 14.1. The summed E-state index contributed by atoms with van der Waals surface area (Å²) < 4.78 is 0.859. The molecule has 72 valence electrons. The third-order valence-electron chi connectivity index (χ3n) is 1.96. The van der Waals surface area contributed by atoms with Crippen LogP contribution in [0.15, 0.2) is 12.2 Å². The first-order valence-electron chi connectivity index (χ1n) is 5.02. The molecule has 1 atom stereocenters. The lowest BCUT2D eigenvalue weighted by Crippen LogP contribution is -1.88. The van der Waals surface area contributed by atoms with Crippen LogP contribution in [0, 0.1) is 0 Å². The fourth-order valence-electron chi connectivity index (χ4n) is 1.21. The van der Waals surface area contributed by atoms with Crippen molar-refractivity contribution in [2.75, 3.05) is 0 Å². The summed E-state index contributed by atoms with van der Waals surface area (Å²) in [5.41, 5.74) is 0. The van der Waals surface area contributed by atoms with Gasteiger partial charge < -0.3 is 0 Å². The van der Waals surface area contributed by atoms with Gasteiger partial charge in [0.15, 0.2) is 0 Å². The SMILES string of the molecule is CC=CCCCCCCC(C)I. The molecule has 0 fully saturated rings. The summed E-state index contributed by atoms with van der Waals surface area (Å²) in [7, 11) is 0. The second-order valence-corrected chi connectivity index (χ2v) is 5.47. The molecule has 0 aromatic heterocycles. The Morgan fingerprint density at radius 1 is 1.17 bits per heavy atom. The van der Waals surface area contributed by atoms with E-state index in [4.69, 9.17) is 0 Å². The number of hydrogen-bond acceptors (Lipinski definition) is 0. The highest BCUT2D eigenvalue weighted by Gasteiger charge is 1.94. The minimum absolute atomic E-state index is 0.859. The molecular formula is C11H21I. The third kappa shape index (κ3) is 10.5. The monoisotopic (exact) mass is 280 g/mol. The van der Waals surface area contributed by atoms with E-state index in [1.54, 1.807) is 0 Å². The molecule has 0 aromatic carbocycles. The van der Waals surface area contributed by atoms with E-state index in [9.17, 15) is 0 Å². The Labute approximate surface area is 91.0 Å². The molecule has 0 aliphatic heterocycles. The molecule has 0 aromatic rings. The Morgan fingerprint density at radius 2 is 1.83 bits per heavy atom. The van der Waals surface area contributed by atoms with E-state index in [1.807, 2.05) is 0 Å². The van der Waals surface area contributed by atoms with Crippen LogP contribution < -0.4 is 0 Å². The van der Waals surface area contributed by atoms with Gasteiger partial charge in [-0.1, -0.05) is 60.9 Å². The van der Waals surface area contributed by atoms with Crippen molar-refractivity contribution >= 4 is 22.6 Å². The molecular weight excluding hydrogens is 259 g/mol. The lowest BCUT2D eigenvalue weighted by molar-refractivity contribution is 0.621. The number of rotatable bonds is 7. The zero-order valence-electron chi connectivity index (χ0n) is 8.35. The van der Waals surface area contributed by atoms with Crippen molar-refractivity contribution in [2.24, 2.45) is 0 Å². The van der Waals surface area contributed by atoms with Gasteiger partial charge in [0.2, 0.25) is 0 Å². The second-order valence-electron chi connectivity index (χ2n) is 3.34. The number of hydrogen-bond donors (Lipinski definition) is 0. The Balaban J connectivity index is 2.91. The molecule has 0 saturated carbocycles. The van der Waals surface area contributed by atoms with Gasteiger partial charge in [0, 0.05) is 3.92 Å². The van der Waals surface area contributed by atoms with Crippen LogP contribution in [0.4, 0.5) is 0 Å². The fourth-order valence-corrected chi connectivity index (χ4v) is 1.65. The molecule has 0 heterocycles. The van der Waals surface area contributed by atoms with E-state index in [1.165, 1.54) is 38.5 Å². The normalized spacial score (nSPS) is 13.9. The van der Waals surface area contributed by atoms with Gasteiger partial charge in [-0.25, -0.2) is 0 Å². The van der Waals surface area contributed by atoms with Crippen molar-refractivity contribution in [1.82, 2.24) is 0 Å². The minimum Gasteiger partial charge on any atom is -0.0917 e. The zero-order chi connectivity index (χ0) is 9.23. The average Bonchev–Trinajstić information content (AvgIpc) is 2.02. The molecule has 0 saturated heterocycles. The van der Waals surface area contributed by atoms with Gasteiger partial charge in [-0.15, -0.1) is 0 Å². The molecule has 0 radical (unpaired) electrons. The number of unbranched alkanes of at least 4 members (excludes halogenated alkanes) is 4. The van der Waals surface area contributed by atoms with Crippen LogP contribution in [-0.2, 0) is 0 Å². The van der Waals surface area contributed by atoms with Gasteiger partial charge in [0.25, 0.3) is 0 Å². The first-order chi connectivity index (χ1) is 5.77. The first kappa shape index (κ1) is 12.5. The summed E-state index contributed by atoms with van der Waals surface area (Å²) in [5, 5.41) is 0. The molecule has 0 amide bonds. The van der Waals surface area contributed by atoms with Crippen LogP contribution in [0.25, 0.3) is 0 Å². The van der Waals surface area contributed by atoms with Crippen LogP contribution in [0.3, 0.4) is 0 Å². The summed E-state index contributed by atoms with van der Waals surface area (Å²) in [5.74, 6) is 0. The van der Waals surface area contributed by atoms with Gasteiger partial charge in [0.05, 0.1) is 0 Å². The second kappa shape index (κ2) is 9.56.